The third-order valence-electron chi connectivity index (χ3n) is 2.72. The van der Waals surface area contributed by atoms with Crippen LogP contribution in [0.1, 0.15) is 12.5 Å². The van der Waals surface area contributed by atoms with E-state index in [-0.39, 0.29) is 0 Å². The van der Waals surface area contributed by atoms with E-state index < -0.39 is 8.56 Å². The summed E-state index contributed by atoms with van der Waals surface area (Å²) in [5.74, 6) is 0. The molecular formula is C12H18O2Si. The van der Waals surface area contributed by atoms with Gasteiger partial charge in [-0.1, -0.05) is 43.8 Å². The van der Waals surface area contributed by atoms with E-state index in [0.717, 1.165) is 16.8 Å². The Morgan fingerprint density at radius 1 is 1.27 bits per heavy atom. The van der Waals surface area contributed by atoms with Gasteiger partial charge in [0.05, 0.1) is 0 Å². The monoisotopic (exact) mass is 222 g/mol. The van der Waals surface area contributed by atoms with Crippen LogP contribution in [0.25, 0.3) is 6.08 Å². The van der Waals surface area contributed by atoms with Crippen LogP contribution in [-0.4, -0.2) is 22.8 Å². The maximum absolute atomic E-state index is 5.63. The van der Waals surface area contributed by atoms with Gasteiger partial charge in [-0.15, -0.1) is 0 Å². The summed E-state index contributed by atoms with van der Waals surface area (Å²) in [6.45, 7) is 5.92. The Labute approximate surface area is 92.8 Å². The molecule has 82 valence electrons. The van der Waals surface area contributed by atoms with Crippen molar-refractivity contribution in [3.63, 3.8) is 0 Å². The maximum Gasteiger partial charge on any atom is 0.372 e. The van der Waals surface area contributed by atoms with Crippen molar-refractivity contribution in [2.24, 2.45) is 0 Å². The smallest absolute Gasteiger partial charge is 0.372 e. The van der Waals surface area contributed by atoms with Gasteiger partial charge in [0.1, 0.15) is 0 Å². The fraction of sp³-hybridized carbons (Fsp3) is 0.333. The third kappa shape index (κ3) is 2.20. The topological polar surface area (TPSA) is 18.5 Å². The van der Waals surface area contributed by atoms with E-state index in [1.54, 1.807) is 14.2 Å². The average Bonchev–Trinajstić information content (AvgIpc) is 2.33. The number of hydrogen-bond acceptors (Lipinski definition) is 2. The highest BCUT2D eigenvalue weighted by Gasteiger charge is 2.37. The quantitative estimate of drug-likeness (QED) is 0.712. The van der Waals surface area contributed by atoms with Crippen molar-refractivity contribution < 1.29 is 8.85 Å². The minimum Gasteiger partial charge on any atom is -0.394 e. The van der Waals surface area contributed by atoms with Gasteiger partial charge in [0, 0.05) is 19.4 Å². The van der Waals surface area contributed by atoms with Crippen molar-refractivity contribution in [1.82, 2.24) is 0 Å². The Morgan fingerprint density at radius 3 is 2.33 bits per heavy atom. The van der Waals surface area contributed by atoms with E-state index in [2.05, 4.69) is 19.6 Å². The third-order valence-corrected chi connectivity index (χ3v) is 6.24. The zero-order valence-electron chi connectivity index (χ0n) is 9.62. The number of hydrogen-bond donors (Lipinski definition) is 0. The summed E-state index contributed by atoms with van der Waals surface area (Å²) in [6.07, 6.45) is 1.85. The molecule has 3 heteroatoms. The molecule has 0 bridgehead atoms. The van der Waals surface area contributed by atoms with E-state index in [4.69, 9.17) is 8.85 Å². The highest BCUT2D eigenvalue weighted by molar-refractivity contribution is 6.81. The Kier molecular flexibility index (Phi) is 4.26. The SMILES string of the molecule is C=Cc1ccccc1[Si](CC)(OC)OC. The predicted octanol–water partition coefficient (Wildman–Crippen LogP) is 2.29. The van der Waals surface area contributed by atoms with Gasteiger partial charge in [-0.25, -0.2) is 0 Å². The van der Waals surface area contributed by atoms with E-state index in [0.29, 0.717) is 0 Å². The van der Waals surface area contributed by atoms with Gasteiger partial charge in [0.2, 0.25) is 0 Å². The van der Waals surface area contributed by atoms with Gasteiger partial charge in [-0.3, -0.25) is 0 Å². The summed E-state index contributed by atoms with van der Waals surface area (Å²) in [7, 11) is 1.21. The first-order valence-electron chi connectivity index (χ1n) is 5.06. The van der Waals surface area contributed by atoms with E-state index in [9.17, 15) is 0 Å². The van der Waals surface area contributed by atoms with Crippen LogP contribution < -0.4 is 5.19 Å². The van der Waals surface area contributed by atoms with Crippen LogP contribution in [0.3, 0.4) is 0 Å². The Morgan fingerprint density at radius 2 is 1.87 bits per heavy atom. The van der Waals surface area contributed by atoms with Crippen LogP contribution in [0, 0.1) is 0 Å². The molecule has 0 atom stereocenters. The molecule has 1 rings (SSSR count). The zero-order valence-corrected chi connectivity index (χ0v) is 10.6. The van der Waals surface area contributed by atoms with Gasteiger partial charge in [0.15, 0.2) is 0 Å². The minimum absolute atomic E-state index is 0.894. The van der Waals surface area contributed by atoms with Crippen LogP contribution in [0.15, 0.2) is 30.8 Å². The molecule has 0 radical (unpaired) electrons. The summed E-state index contributed by atoms with van der Waals surface area (Å²) in [5, 5.41) is 1.16. The second kappa shape index (κ2) is 5.26. The Hall–Kier alpha value is -0.903. The second-order valence-electron chi connectivity index (χ2n) is 3.31. The Bertz CT molecular complexity index is 324. The molecule has 2 nitrogen and oxygen atoms in total. The number of rotatable bonds is 5. The molecule has 0 spiro atoms. The summed E-state index contributed by atoms with van der Waals surface area (Å²) < 4.78 is 11.3. The molecule has 0 aliphatic rings. The standard InChI is InChI=1S/C12H18O2Si/c1-5-11-9-7-8-10-12(11)15(6-2,13-3)14-4/h5,7-10H,1,6H2,2-4H3. The van der Waals surface area contributed by atoms with Crippen molar-refractivity contribution in [2.75, 3.05) is 14.2 Å². The number of benzene rings is 1. The zero-order chi connectivity index (χ0) is 11.3. The molecule has 0 fully saturated rings. The molecule has 0 aromatic heterocycles. The summed E-state index contributed by atoms with van der Waals surface area (Å²) in [6, 6.07) is 9.01. The highest BCUT2D eigenvalue weighted by Crippen LogP contribution is 2.14. The second-order valence-corrected chi connectivity index (χ2v) is 6.87. The first kappa shape index (κ1) is 12.2. The lowest BCUT2D eigenvalue weighted by molar-refractivity contribution is 0.259. The minimum atomic E-state index is -2.23. The molecular weight excluding hydrogens is 204 g/mol. The largest absolute Gasteiger partial charge is 0.394 e. The van der Waals surface area contributed by atoms with E-state index >= 15 is 0 Å². The van der Waals surface area contributed by atoms with Crippen molar-refractivity contribution in [2.45, 2.75) is 13.0 Å². The molecule has 1 aromatic carbocycles. The lowest BCUT2D eigenvalue weighted by Gasteiger charge is -2.27. The average molecular weight is 222 g/mol. The molecule has 0 heterocycles. The predicted molar refractivity (Wildman–Crippen MR) is 66.4 cm³/mol. The molecule has 0 aliphatic carbocycles. The molecule has 0 aliphatic heterocycles. The fourth-order valence-electron chi connectivity index (χ4n) is 1.80. The van der Waals surface area contributed by atoms with Crippen LogP contribution in [0.4, 0.5) is 0 Å². The van der Waals surface area contributed by atoms with E-state index in [1.165, 1.54) is 0 Å². The fourth-order valence-corrected chi connectivity index (χ4v) is 4.34. The van der Waals surface area contributed by atoms with Crippen molar-refractivity contribution in [3.8, 4) is 0 Å². The molecule has 0 N–H and O–H groups in total. The highest BCUT2D eigenvalue weighted by atomic mass is 28.4. The summed E-state index contributed by atoms with van der Waals surface area (Å²) in [4.78, 5) is 0. The van der Waals surface area contributed by atoms with E-state index in [1.807, 2.05) is 24.3 Å². The van der Waals surface area contributed by atoms with Crippen LogP contribution >= 0.6 is 0 Å². The first-order chi connectivity index (χ1) is 7.24. The summed E-state index contributed by atoms with van der Waals surface area (Å²) >= 11 is 0. The van der Waals surface area contributed by atoms with Crippen molar-refractivity contribution >= 4 is 19.8 Å². The van der Waals surface area contributed by atoms with Gasteiger partial charge in [-0.2, -0.15) is 0 Å². The molecule has 15 heavy (non-hydrogen) atoms. The maximum atomic E-state index is 5.63. The van der Waals surface area contributed by atoms with Gasteiger partial charge in [-0.05, 0) is 11.6 Å². The normalized spacial score (nSPS) is 11.4. The molecule has 0 unspecified atom stereocenters. The van der Waals surface area contributed by atoms with Crippen LogP contribution in [0.5, 0.6) is 0 Å². The molecule has 0 saturated heterocycles. The molecule has 1 aromatic rings. The molecule has 0 amide bonds. The lowest BCUT2D eigenvalue weighted by Crippen LogP contribution is -2.52. The van der Waals surface area contributed by atoms with Gasteiger partial charge < -0.3 is 8.85 Å². The Balaban J connectivity index is 3.27. The van der Waals surface area contributed by atoms with Crippen molar-refractivity contribution in [1.29, 1.82) is 0 Å². The van der Waals surface area contributed by atoms with Gasteiger partial charge in [0.25, 0.3) is 0 Å². The summed E-state index contributed by atoms with van der Waals surface area (Å²) in [5.41, 5.74) is 1.11. The molecule has 0 saturated carbocycles. The lowest BCUT2D eigenvalue weighted by atomic mass is 10.2. The first-order valence-corrected chi connectivity index (χ1v) is 7.08. The van der Waals surface area contributed by atoms with Crippen LogP contribution in [0.2, 0.25) is 6.04 Å². The van der Waals surface area contributed by atoms with Crippen LogP contribution in [-0.2, 0) is 8.85 Å². The van der Waals surface area contributed by atoms with Gasteiger partial charge >= 0.3 is 8.56 Å². The van der Waals surface area contributed by atoms with Crippen molar-refractivity contribution in [3.05, 3.63) is 36.4 Å².